The molecule has 1 aromatic heterocycles. The van der Waals surface area contributed by atoms with Crippen LogP contribution in [0.4, 0.5) is 13.2 Å². The lowest BCUT2D eigenvalue weighted by atomic mass is 10.0. The van der Waals surface area contributed by atoms with E-state index in [-0.39, 0.29) is 5.75 Å². The Kier molecular flexibility index (Phi) is 7.44. The van der Waals surface area contributed by atoms with E-state index in [0.717, 1.165) is 35.1 Å². The largest absolute Gasteiger partial charge is 0.573 e. The van der Waals surface area contributed by atoms with Gasteiger partial charge in [-0.05, 0) is 41.7 Å². The van der Waals surface area contributed by atoms with Crippen molar-refractivity contribution in [3.05, 3.63) is 66.5 Å². The molecule has 30 heavy (non-hydrogen) atoms. The zero-order valence-corrected chi connectivity index (χ0v) is 17.0. The van der Waals surface area contributed by atoms with E-state index in [1.165, 1.54) is 37.8 Å². The Balaban J connectivity index is 1.60. The summed E-state index contributed by atoms with van der Waals surface area (Å²) in [5, 5.41) is 0. The smallest absolute Gasteiger partial charge is 0.406 e. The predicted molar refractivity (Wildman–Crippen MR) is 112 cm³/mol. The summed E-state index contributed by atoms with van der Waals surface area (Å²) < 4.78 is 40.7. The lowest BCUT2D eigenvalue weighted by molar-refractivity contribution is -0.274. The molecule has 0 aliphatic rings. The minimum atomic E-state index is -4.69. The molecule has 0 unspecified atom stereocenters. The number of ether oxygens (including phenoxy) is 1. The van der Waals surface area contributed by atoms with Gasteiger partial charge < -0.3 is 4.74 Å². The number of aromatic nitrogens is 2. The number of benzene rings is 2. The molecule has 6 heteroatoms. The van der Waals surface area contributed by atoms with Crippen LogP contribution in [0, 0.1) is 0 Å². The molecule has 3 aromatic rings. The zero-order valence-electron chi connectivity index (χ0n) is 17.0. The number of nitrogens with zero attached hydrogens (tertiary/aromatic N) is 2. The molecule has 2 aromatic carbocycles. The van der Waals surface area contributed by atoms with Crippen molar-refractivity contribution in [1.82, 2.24) is 9.97 Å². The molecular formula is C24H25F3N2O. The van der Waals surface area contributed by atoms with Gasteiger partial charge in [0.2, 0.25) is 0 Å². The van der Waals surface area contributed by atoms with Crippen molar-refractivity contribution >= 4 is 0 Å². The van der Waals surface area contributed by atoms with Crippen molar-refractivity contribution in [3.8, 4) is 28.3 Å². The third kappa shape index (κ3) is 6.58. The predicted octanol–water partition coefficient (Wildman–Crippen LogP) is 7.22. The lowest BCUT2D eigenvalue weighted by Gasteiger charge is -2.09. The first-order chi connectivity index (χ1) is 14.4. The second-order valence-corrected chi connectivity index (χ2v) is 7.23. The number of hydrogen-bond donors (Lipinski definition) is 0. The molecule has 1 heterocycles. The number of halogens is 3. The van der Waals surface area contributed by atoms with Gasteiger partial charge >= 0.3 is 6.36 Å². The van der Waals surface area contributed by atoms with Crippen LogP contribution in [0.15, 0.2) is 60.9 Å². The van der Waals surface area contributed by atoms with E-state index in [1.54, 1.807) is 12.1 Å². The van der Waals surface area contributed by atoms with E-state index in [4.69, 9.17) is 0 Å². The zero-order chi connectivity index (χ0) is 21.4. The summed E-state index contributed by atoms with van der Waals surface area (Å²) in [6, 6.07) is 13.4. The van der Waals surface area contributed by atoms with Crippen molar-refractivity contribution in [3.63, 3.8) is 0 Å². The van der Waals surface area contributed by atoms with Gasteiger partial charge in [-0.15, -0.1) is 13.2 Å². The third-order valence-electron chi connectivity index (χ3n) is 4.84. The molecule has 0 saturated carbocycles. The van der Waals surface area contributed by atoms with Crippen LogP contribution in [0.5, 0.6) is 5.75 Å². The van der Waals surface area contributed by atoms with Crippen LogP contribution in [-0.2, 0) is 6.42 Å². The van der Waals surface area contributed by atoms with Gasteiger partial charge in [0.15, 0.2) is 5.82 Å². The average Bonchev–Trinajstić information content (AvgIpc) is 2.74. The normalized spacial score (nSPS) is 11.5. The van der Waals surface area contributed by atoms with E-state index >= 15 is 0 Å². The summed E-state index contributed by atoms with van der Waals surface area (Å²) in [5.74, 6) is 0.423. The highest BCUT2D eigenvalue weighted by Crippen LogP contribution is 2.27. The number of hydrogen-bond acceptors (Lipinski definition) is 3. The second kappa shape index (κ2) is 10.2. The standard InChI is InChI=1S/C24H25F3N2O/c1-2-3-4-5-6-7-18-16-28-23(29-17-18)21-10-8-19(9-11-21)20-12-14-22(15-13-20)30-24(25,26)27/h8-17H,2-7H2,1H3. The summed E-state index contributed by atoms with van der Waals surface area (Å²) in [6.45, 7) is 2.21. The Labute approximate surface area is 175 Å². The molecule has 0 radical (unpaired) electrons. The quantitative estimate of drug-likeness (QED) is 0.347. The summed E-state index contributed by atoms with van der Waals surface area (Å²) in [5.41, 5.74) is 3.73. The molecule has 0 amide bonds. The highest BCUT2D eigenvalue weighted by Gasteiger charge is 2.30. The highest BCUT2D eigenvalue weighted by molar-refractivity contribution is 5.68. The maximum Gasteiger partial charge on any atom is 0.573 e. The Bertz CT molecular complexity index is 905. The van der Waals surface area contributed by atoms with Gasteiger partial charge in [-0.2, -0.15) is 0 Å². The summed E-state index contributed by atoms with van der Waals surface area (Å²) >= 11 is 0. The highest BCUT2D eigenvalue weighted by atomic mass is 19.4. The molecule has 0 N–H and O–H groups in total. The van der Waals surface area contributed by atoms with Crippen LogP contribution < -0.4 is 4.74 Å². The number of aryl methyl sites for hydroxylation is 1. The molecule has 0 aliphatic heterocycles. The summed E-state index contributed by atoms with van der Waals surface area (Å²) in [7, 11) is 0. The van der Waals surface area contributed by atoms with Crippen LogP contribution in [0.3, 0.4) is 0 Å². The summed E-state index contributed by atoms with van der Waals surface area (Å²) in [4.78, 5) is 8.96. The number of rotatable bonds is 9. The molecule has 3 nitrogen and oxygen atoms in total. The first-order valence-corrected chi connectivity index (χ1v) is 10.2. The fourth-order valence-corrected chi connectivity index (χ4v) is 3.23. The van der Waals surface area contributed by atoms with Crippen LogP contribution in [0.25, 0.3) is 22.5 Å². The van der Waals surface area contributed by atoms with Gasteiger partial charge in [0.05, 0.1) is 0 Å². The first-order valence-electron chi connectivity index (χ1n) is 10.2. The summed E-state index contributed by atoms with van der Waals surface area (Å²) in [6.07, 6.45) is 6.28. The Morgan fingerprint density at radius 2 is 1.27 bits per heavy atom. The average molecular weight is 414 g/mol. The molecule has 0 saturated heterocycles. The van der Waals surface area contributed by atoms with Crippen LogP contribution >= 0.6 is 0 Å². The van der Waals surface area contributed by atoms with Gasteiger partial charge in [0.25, 0.3) is 0 Å². The maximum atomic E-state index is 12.3. The third-order valence-corrected chi connectivity index (χ3v) is 4.84. The minimum Gasteiger partial charge on any atom is -0.406 e. The molecule has 3 rings (SSSR count). The second-order valence-electron chi connectivity index (χ2n) is 7.23. The molecular weight excluding hydrogens is 389 g/mol. The fourth-order valence-electron chi connectivity index (χ4n) is 3.23. The molecule has 0 bridgehead atoms. The monoisotopic (exact) mass is 414 g/mol. The Morgan fingerprint density at radius 3 is 1.83 bits per heavy atom. The van der Waals surface area contributed by atoms with Gasteiger partial charge in [-0.1, -0.05) is 69.0 Å². The topological polar surface area (TPSA) is 35.0 Å². The van der Waals surface area contributed by atoms with Crippen molar-refractivity contribution in [2.45, 2.75) is 51.8 Å². The van der Waals surface area contributed by atoms with E-state index in [1.807, 2.05) is 36.7 Å². The molecule has 0 spiro atoms. The molecule has 158 valence electrons. The lowest BCUT2D eigenvalue weighted by Crippen LogP contribution is -2.16. The van der Waals surface area contributed by atoms with Gasteiger partial charge in [0, 0.05) is 18.0 Å². The number of unbranched alkanes of at least 4 members (excludes halogenated alkanes) is 4. The molecule has 0 aliphatic carbocycles. The van der Waals surface area contributed by atoms with E-state index < -0.39 is 6.36 Å². The Hall–Kier alpha value is -2.89. The van der Waals surface area contributed by atoms with Crippen molar-refractivity contribution in [2.24, 2.45) is 0 Å². The fraction of sp³-hybridized carbons (Fsp3) is 0.333. The van der Waals surface area contributed by atoms with Gasteiger partial charge in [0.1, 0.15) is 5.75 Å². The maximum absolute atomic E-state index is 12.3. The first kappa shape index (κ1) is 21.8. The van der Waals surface area contributed by atoms with Crippen LogP contribution in [0.1, 0.15) is 44.6 Å². The van der Waals surface area contributed by atoms with Crippen molar-refractivity contribution in [1.29, 1.82) is 0 Å². The van der Waals surface area contributed by atoms with Crippen molar-refractivity contribution in [2.75, 3.05) is 0 Å². The molecule has 0 atom stereocenters. The van der Waals surface area contributed by atoms with Crippen LogP contribution in [-0.4, -0.2) is 16.3 Å². The van der Waals surface area contributed by atoms with Gasteiger partial charge in [-0.3, -0.25) is 0 Å². The van der Waals surface area contributed by atoms with Gasteiger partial charge in [-0.25, -0.2) is 9.97 Å². The SMILES string of the molecule is CCCCCCCc1cnc(-c2ccc(-c3ccc(OC(F)(F)F)cc3)cc2)nc1. The van der Waals surface area contributed by atoms with E-state index in [2.05, 4.69) is 21.6 Å². The molecule has 0 fully saturated rings. The number of alkyl halides is 3. The van der Waals surface area contributed by atoms with E-state index in [9.17, 15) is 13.2 Å². The minimum absolute atomic E-state index is 0.235. The van der Waals surface area contributed by atoms with Crippen LogP contribution in [0.2, 0.25) is 0 Å². The van der Waals surface area contributed by atoms with E-state index in [0.29, 0.717) is 5.82 Å². The Morgan fingerprint density at radius 1 is 0.733 bits per heavy atom. The van der Waals surface area contributed by atoms with Crippen molar-refractivity contribution < 1.29 is 17.9 Å².